The first-order valence-electron chi connectivity index (χ1n) is 6.25. The lowest BCUT2D eigenvalue weighted by molar-refractivity contribution is -0.139. The van der Waals surface area contributed by atoms with E-state index < -0.39 is 23.7 Å². The molecular formula is C14H18FNO3. The molecule has 0 aliphatic rings. The van der Waals surface area contributed by atoms with Gasteiger partial charge in [0.15, 0.2) is 0 Å². The molecule has 1 atom stereocenters. The summed E-state index contributed by atoms with van der Waals surface area (Å²) in [6.45, 7) is 3.61. The Balaban J connectivity index is 2.78. The highest BCUT2D eigenvalue weighted by Crippen LogP contribution is 2.09. The van der Waals surface area contributed by atoms with Crippen molar-refractivity contribution in [2.45, 2.75) is 39.2 Å². The van der Waals surface area contributed by atoms with Gasteiger partial charge in [0.1, 0.15) is 11.9 Å². The van der Waals surface area contributed by atoms with Crippen LogP contribution in [0.15, 0.2) is 18.2 Å². The molecular weight excluding hydrogens is 249 g/mol. The number of benzene rings is 1. The van der Waals surface area contributed by atoms with Gasteiger partial charge in [-0.2, -0.15) is 0 Å². The van der Waals surface area contributed by atoms with Gasteiger partial charge in [0.25, 0.3) is 5.91 Å². The molecule has 0 radical (unpaired) electrons. The topological polar surface area (TPSA) is 66.4 Å². The Labute approximate surface area is 111 Å². The van der Waals surface area contributed by atoms with Gasteiger partial charge in [-0.05, 0) is 37.1 Å². The number of nitrogens with one attached hydrogen (secondary N) is 1. The van der Waals surface area contributed by atoms with Crippen LogP contribution in [0.2, 0.25) is 0 Å². The number of hydrogen-bond donors (Lipinski definition) is 2. The lowest BCUT2D eigenvalue weighted by Gasteiger charge is -2.14. The van der Waals surface area contributed by atoms with Crippen LogP contribution in [-0.2, 0) is 4.79 Å². The molecule has 0 saturated carbocycles. The van der Waals surface area contributed by atoms with Crippen molar-refractivity contribution in [1.82, 2.24) is 5.32 Å². The fraction of sp³-hybridized carbons (Fsp3) is 0.429. The second kappa shape index (κ2) is 6.87. The number of aliphatic carboxylic acids is 1. The normalized spacial score (nSPS) is 11.9. The van der Waals surface area contributed by atoms with Crippen LogP contribution in [0.25, 0.3) is 0 Å². The number of carboxylic acid groups (broad SMARTS) is 1. The van der Waals surface area contributed by atoms with Crippen molar-refractivity contribution in [3.8, 4) is 0 Å². The van der Waals surface area contributed by atoms with E-state index in [9.17, 15) is 14.0 Å². The summed E-state index contributed by atoms with van der Waals surface area (Å²) >= 11 is 0. The third-order valence-electron chi connectivity index (χ3n) is 2.75. The fourth-order valence-electron chi connectivity index (χ4n) is 1.77. The molecule has 104 valence electrons. The summed E-state index contributed by atoms with van der Waals surface area (Å²) in [5.74, 6) is -2.15. The van der Waals surface area contributed by atoms with Gasteiger partial charge in [0.2, 0.25) is 0 Å². The van der Waals surface area contributed by atoms with Gasteiger partial charge in [-0.25, -0.2) is 9.18 Å². The van der Waals surface area contributed by atoms with E-state index >= 15 is 0 Å². The van der Waals surface area contributed by atoms with Crippen molar-refractivity contribution < 1.29 is 19.1 Å². The Bertz CT molecular complexity index is 454. The molecule has 2 N–H and O–H groups in total. The minimum Gasteiger partial charge on any atom is -0.480 e. The number of carboxylic acids is 1. The first-order valence-corrected chi connectivity index (χ1v) is 6.25. The number of aryl methyl sites for hydroxylation is 1. The van der Waals surface area contributed by atoms with Crippen LogP contribution < -0.4 is 5.32 Å². The molecule has 0 saturated heterocycles. The van der Waals surface area contributed by atoms with Crippen molar-refractivity contribution in [3.63, 3.8) is 0 Å². The van der Waals surface area contributed by atoms with E-state index in [0.717, 1.165) is 12.5 Å². The van der Waals surface area contributed by atoms with Crippen LogP contribution in [0, 0.1) is 12.7 Å². The lowest BCUT2D eigenvalue weighted by Crippen LogP contribution is -2.40. The molecule has 0 bridgehead atoms. The Kier molecular flexibility index (Phi) is 5.48. The van der Waals surface area contributed by atoms with E-state index in [1.807, 2.05) is 6.92 Å². The molecule has 0 aliphatic heterocycles. The maximum absolute atomic E-state index is 13.2. The van der Waals surface area contributed by atoms with Crippen LogP contribution in [0.3, 0.4) is 0 Å². The summed E-state index contributed by atoms with van der Waals surface area (Å²) in [6, 6.07) is 3.00. The second-order valence-electron chi connectivity index (χ2n) is 4.52. The van der Waals surface area contributed by atoms with Gasteiger partial charge in [0, 0.05) is 5.56 Å². The standard InChI is InChI=1S/C14H18FNO3/c1-3-4-5-12(14(18)19)16-13(17)10-6-9(2)7-11(15)8-10/h6-8,12H,3-5H2,1-2H3,(H,16,17)(H,18,19)/t12-/m0/s1. The molecule has 0 fully saturated rings. The number of amides is 1. The number of hydrogen-bond acceptors (Lipinski definition) is 2. The number of halogens is 1. The van der Waals surface area contributed by atoms with Gasteiger partial charge >= 0.3 is 5.97 Å². The summed E-state index contributed by atoms with van der Waals surface area (Å²) in [5.41, 5.74) is 0.755. The highest BCUT2D eigenvalue weighted by atomic mass is 19.1. The van der Waals surface area contributed by atoms with Crippen molar-refractivity contribution in [2.75, 3.05) is 0 Å². The number of carbonyl (C=O) groups is 2. The van der Waals surface area contributed by atoms with Crippen LogP contribution in [0.1, 0.15) is 42.1 Å². The maximum atomic E-state index is 13.2. The molecule has 19 heavy (non-hydrogen) atoms. The van der Waals surface area contributed by atoms with E-state index in [4.69, 9.17) is 5.11 Å². The van der Waals surface area contributed by atoms with Crippen LogP contribution in [0.5, 0.6) is 0 Å². The first kappa shape index (κ1) is 15.1. The average molecular weight is 267 g/mol. The quantitative estimate of drug-likeness (QED) is 0.832. The third-order valence-corrected chi connectivity index (χ3v) is 2.75. The van der Waals surface area contributed by atoms with Gasteiger partial charge in [0.05, 0.1) is 0 Å². The van der Waals surface area contributed by atoms with Crippen molar-refractivity contribution in [1.29, 1.82) is 0 Å². The largest absolute Gasteiger partial charge is 0.480 e. The van der Waals surface area contributed by atoms with E-state index in [0.29, 0.717) is 18.4 Å². The molecule has 1 aromatic carbocycles. The average Bonchev–Trinajstić information content (AvgIpc) is 2.32. The van der Waals surface area contributed by atoms with Gasteiger partial charge in [-0.1, -0.05) is 19.8 Å². The molecule has 0 heterocycles. The molecule has 0 aliphatic carbocycles. The third kappa shape index (κ3) is 4.69. The Hall–Kier alpha value is -1.91. The summed E-state index contributed by atoms with van der Waals surface area (Å²) in [4.78, 5) is 22.9. The Morgan fingerprint density at radius 3 is 2.58 bits per heavy atom. The predicted molar refractivity (Wildman–Crippen MR) is 69.6 cm³/mol. The smallest absolute Gasteiger partial charge is 0.326 e. The summed E-state index contributed by atoms with van der Waals surface area (Å²) in [7, 11) is 0. The maximum Gasteiger partial charge on any atom is 0.326 e. The van der Waals surface area contributed by atoms with E-state index in [1.165, 1.54) is 12.1 Å². The second-order valence-corrected chi connectivity index (χ2v) is 4.52. The molecule has 1 aromatic rings. The minimum atomic E-state index is -1.07. The molecule has 5 heteroatoms. The zero-order chi connectivity index (χ0) is 14.4. The SMILES string of the molecule is CCCC[C@H](NC(=O)c1cc(C)cc(F)c1)C(=O)O. The molecule has 1 amide bonds. The molecule has 4 nitrogen and oxygen atoms in total. The monoisotopic (exact) mass is 267 g/mol. The summed E-state index contributed by atoms with van der Waals surface area (Å²) in [6.07, 6.45) is 1.92. The summed E-state index contributed by atoms with van der Waals surface area (Å²) < 4.78 is 13.2. The molecule has 0 spiro atoms. The number of rotatable bonds is 6. The lowest BCUT2D eigenvalue weighted by atomic mass is 10.1. The highest BCUT2D eigenvalue weighted by molar-refractivity contribution is 5.96. The Morgan fingerprint density at radius 2 is 2.05 bits per heavy atom. The fourth-order valence-corrected chi connectivity index (χ4v) is 1.77. The van der Waals surface area contributed by atoms with Crippen molar-refractivity contribution in [3.05, 3.63) is 35.1 Å². The van der Waals surface area contributed by atoms with Gasteiger partial charge in [-0.3, -0.25) is 4.79 Å². The molecule has 1 rings (SSSR count). The number of carbonyl (C=O) groups excluding carboxylic acids is 1. The van der Waals surface area contributed by atoms with Crippen LogP contribution in [-0.4, -0.2) is 23.0 Å². The number of unbranched alkanes of at least 4 members (excludes halogenated alkanes) is 1. The van der Waals surface area contributed by atoms with Gasteiger partial charge < -0.3 is 10.4 Å². The van der Waals surface area contributed by atoms with Crippen LogP contribution in [0.4, 0.5) is 4.39 Å². The zero-order valence-corrected chi connectivity index (χ0v) is 11.1. The highest BCUT2D eigenvalue weighted by Gasteiger charge is 2.20. The summed E-state index contributed by atoms with van der Waals surface area (Å²) in [5, 5.41) is 11.4. The first-order chi connectivity index (χ1) is 8.93. The molecule has 0 aromatic heterocycles. The van der Waals surface area contributed by atoms with E-state index in [-0.39, 0.29) is 5.56 Å². The van der Waals surface area contributed by atoms with Crippen molar-refractivity contribution >= 4 is 11.9 Å². The van der Waals surface area contributed by atoms with Gasteiger partial charge in [-0.15, -0.1) is 0 Å². The van der Waals surface area contributed by atoms with E-state index in [2.05, 4.69) is 5.32 Å². The van der Waals surface area contributed by atoms with Crippen LogP contribution >= 0.6 is 0 Å². The Morgan fingerprint density at radius 1 is 1.37 bits per heavy atom. The predicted octanol–water partition coefficient (Wildman–Crippen LogP) is 2.51. The zero-order valence-electron chi connectivity index (χ0n) is 11.1. The minimum absolute atomic E-state index is 0.139. The van der Waals surface area contributed by atoms with Crippen molar-refractivity contribution in [2.24, 2.45) is 0 Å². The molecule has 0 unspecified atom stereocenters. The van der Waals surface area contributed by atoms with E-state index in [1.54, 1.807) is 6.92 Å².